The van der Waals surface area contributed by atoms with Crippen LogP contribution in [0, 0.1) is 0 Å². The van der Waals surface area contributed by atoms with Gasteiger partial charge in [-0.15, -0.1) is 0 Å². The summed E-state index contributed by atoms with van der Waals surface area (Å²) in [4.78, 5) is 24.7. The van der Waals surface area contributed by atoms with Crippen molar-refractivity contribution in [3.63, 3.8) is 0 Å². The molecule has 1 aromatic rings. The number of hydrogen-bond donors (Lipinski definition) is 3. The summed E-state index contributed by atoms with van der Waals surface area (Å²) >= 11 is 0. The van der Waals surface area contributed by atoms with Gasteiger partial charge in [0, 0.05) is 25.0 Å². The molecular formula is C13H17N3O3. The first-order valence-electron chi connectivity index (χ1n) is 6.15. The Morgan fingerprint density at radius 2 is 2.21 bits per heavy atom. The molecule has 102 valence electrons. The minimum Gasteiger partial charge on any atom is -0.478 e. The molecule has 1 unspecified atom stereocenters. The van der Waals surface area contributed by atoms with Crippen LogP contribution in [0.5, 0.6) is 0 Å². The highest BCUT2D eigenvalue weighted by atomic mass is 16.4. The lowest BCUT2D eigenvalue weighted by molar-refractivity contribution is -0.121. The first-order valence-corrected chi connectivity index (χ1v) is 6.15. The number of carbonyl (C=O) groups excluding carboxylic acids is 1. The average Bonchev–Trinajstić information content (AvgIpc) is 2.86. The Hall–Kier alpha value is -2.24. The van der Waals surface area contributed by atoms with Crippen molar-refractivity contribution >= 4 is 23.3 Å². The molecular weight excluding hydrogens is 246 g/mol. The lowest BCUT2D eigenvalue weighted by atomic mass is 10.1. The Bertz CT molecular complexity index is 516. The van der Waals surface area contributed by atoms with Crippen LogP contribution < -0.4 is 16.0 Å². The number of likely N-dealkylation sites (N-methyl/N-ethyl adjacent to an activating group) is 1. The van der Waals surface area contributed by atoms with Crippen LogP contribution >= 0.6 is 0 Å². The monoisotopic (exact) mass is 263 g/mol. The van der Waals surface area contributed by atoms with Crippen molar-refractivity contribution in [2.75, 3.05) is 24.2 Å². The summed E-state index contributed by atoms with van der Waals surface area (Å²) in [7, 11) is 1.61. The predicted octanol–water partition coefficient (Wildman–Crippen LogP) is 0.682. The van der Waals surface area contributed by atoms with Gasteiger partial charge in [-0.3, -0.25) is 4.79 Å². The molecule has 0 bridgehead atoms. The second-order valence-electron chi connectivity index (χ2n) is 4.54. The van der Waals surface area contributed by atoms with E-state index in [2.05, 4.69) is 5.32 Å². The maximum absolute atomic E-state index is 11.8. The number of benzene rings is 1. The SMILES string of the molecule is CNC(=O)C1CCCN1c1ccc(C(=O)O)c(N)c1. The number of hydrogen-bond acceptors (Lipinski definition) is 4. The van der Waals surface area contributed by atoms with Gasteiger partial charge in [-0.2, -0.15) is 0 Å². The molecule has 0 aromatic heterocycles. The number of nitrogens with one attached hydrogen (secondary N) is 1. The fourth-order valence-corrected chi connectivity index (χ4v) is 2.44. The van der Waals surface area contributed by atoms with E-state index in [0.717, 1.165) is 25.1 Å². The third kappa shape index (κ3) is 2.47. The van der Waals surface area contributed by atoms with Gasteiger partial charge in [-0.1, -0.05) is 0 Å². The zero-order chi connectivity index (χ0) is 14.0. The fourth-order valence-electron chi connectivity index (χ4n) is 2.44. The van der Waals surface area contributed by atoms with Gasteiger partial charge >= 0.3 is 5.97 Å². The molecule has 1 aliphatic heterocycles. The van der Waals surface area contributed by atoms with E-state index in [-0.39, 0.29) is 23.2 Å². The molecule has 0 saturated carbocycles. The molecule has 4 N–H and O–H groups in total. The molecule has 1 amide bonds. The van der Waals surface area contributed by atoms with Crippen LogP contribution in [-0.2, 0) is 4.79 Å². The molecule has 1 aliphatic rings. The van der Waals surface area contributed by atoms with E-state index in [9.17, 15) is 9.59 Å². The van der Waals surface area contributed by atoms with Crippen molar-refractivity contribution in [3.05, 3.63) is 23.8 Å². The third-order valence-corrected chi connectivity index (χ3v) is 3.40. The van der Waals surface area contributed by atoms with Crippen LogP contribution in [0.1, 0.15) is 23.2 Å². The van der Waals surface area contributed by atoms with Gasteiger partial charge in [-0.25, -0.2) is 4.79 Å². The van der Waals surface area contributed by atoms with Crippen molar-refractivity contribution in [2.24, 2.45) is 0 Å². The summed E-state index contributed by atoms with van der Waals surface area (Å²) < 4.78 is 0. The molecule has 19 heavy (non-hydrogen) atoms. The van der Waals surface area contributed by atoms with Gasteiger partial charge in [0.25, 0.3) is 0 Å². The molecule has 1 saturated heterocycles. The number of carbonyl (C=O) groups is 2. The number of nitrogens with zero attached hydrogens (tertiary/aromatic N) is 1. The summed E-state index contributed by atoms with van der Waals surface area (Å²) in [5, 5.41) is 11.6. The molecule has 0 aliphatic carbocycles. The van der Waals surface area contributed by atoms with Crippen LogP contribution in [0.25, 0.3) is 0 Å². The van der Waals surface area contributed by atoms with Gasteiger partial charge in [-0.05, 0) is 31.0 Å². The summed E-state index contributed by atoms with van der Waals surface area (Å²) in [6.45, 7) is 0.768. The smallest absolute Gasteiger partial charge is 0.337 e. The molecule has 0 radical (unpaired) electrons. The Labute approximate surface area is 111 Å². The van der Waals surface area contributed by atoms with Crippen LogP contribution in [0.15, 0.2) is 18.2 Å². The number of rotatable bonds is 3. The Kier molecular flexibility index (Phi) is 3.59. The van der Waals surface area contributed by atoms with Crippen molar-refractivity contribution in [1.29, 1.82) is 0 Å². The number of aromatic carboxylic acids is 1. The highest BCUT2D eigenvalue weighted by molar-refractivity contribution is 5.95. The molecule has 1 heterocycles. The summed E-state index contributed by atoms with van der Waals surface area (Å²) in [6, 6.07) is 4.58. The molecule has 2 rings (SSSR count). The van der Waals surface area contributed by atoms with Gasteiger partial charge in [0.2, 0.25) is 5.91 Å². The number of carboxylic acids is 1. The van der Waals surface area contributed by atoms with Crippen molar-refractivity contribution < 1.29 is 14.7 Å². The normalized spacial score (nSPS) is 18.4. The fraction of sp³-hybridized carbons (Fsp3) is 0.385. The molecule has 6 heteroatoms. The van der Waals surface area contributed by atoms with E-state index in [1.165, 1.54) is 6.07 Å². The quantitative estimate of drug-likeness (QED) is 0.697. The zero-order valence-corrected chi connectivity index (χ0v) is 10.7. The average molecular weight is 263 g/mol. The van der Waals surface area contributed by atoms with Gasteiger partial charge in [0.05, 0.1) is 5.56 Å². The van der Waals surface area contributed by atoms with Gasteiger partial charge in [0.15, 0.2) is 0 Å². The second kappa shape index (κ2) is 5.17. The summed E-state index contributed by atoms with van der Waals surface area (Å²) in [6.07, 6.45) is 1.72. The maximum Gasteiger partial charge on any atom is 0.337 e. The number of anilines is 2. The van der Waals surface area contributed by atoms with Gasteiger partial charge in [0.1, 0.15) is 6.04 Å². The highest BCUT2D eigenvalue weighted by Crippen LogP contribution is 2.28. The number of nitrogen functional groups attached to an aromatic ring is 1. The van der Waals surface area contributed by atoms with Crippen molar-refractivity contribution in [2.45, 2.75) is 18.9 Å². The lowest BCUT2D eigenvalue weighted by Gasteiger charge is -2.25. The van der Waals surface area contributed by atoms with Crippen LogP contribution in [0.3, 0.4) is 0 Å². The molecule has 6 nitrogen and oxygen atoms in total. The van der Waals surface area contributed by atoms with Gasteiger partial charge < -0.3 is 21.1 Å². The Morgan fingerprint density at radius 3 is 2.79 bits per heavy atom. The largest absolute Gasteiger partial charge is 0.478 e. The van der Waals surface area contributed by atoms with Crippen molar-refractivity contribution in [1.82, 2.24) is 5.32 Å². The predicted molar refractivity (Wildman–Crippen MR) is 72.2 cm³/mol. The van der Waals surface area contributed by atoms with Crippen molar-refractivity contribution in [3.8, 4) is 0 Å². The molecule has 1 aromatic carbocycles. The first-order chi connectivity index (χ1) is 9.04. The molecule has 1 atom stereocenters. The van der Waals surface area contributed by atoms with Crippen LogP contribution in [0.4, 0.5) is 11.4 Å². The van der Waals surface area contributed by atoms with E-state index >= 15 is 0 Å². The first kappa shape index (κ1) is 13.2. The standard InChI is InChI=1S/C13H17N3O3/c1-15-12(17)11-3-2-6-16(11)8-4-5-9(13(18)19)10(14)7-8/h4-5,7,11H,2-3,6,14H2,1H3,(H,15,17)(H,18,19). The van der Waals surface area contributed by atoms with E-state index in [4.69, 9.17) is 10.8 Å². The van der Waals surface area contributed by atoms with E-state index in [1.54, 1.807) is 19.2 Å². The summed E-state index contributed by atoms with van der Waals surface area (Å²) in [5.41, 5.74) is 6.82. The lowest BCUT2D eigenvalue weighted by Crippen LogP contribution is -2.42. The number of carboxylic acid groups (broad SMARTS) is 1. The zero-order valence-electron chi connectivity index (χ0n) is 10.7. The summed E-state index contributed by atoms with van der Waals surface area (Å²) in [5.74, 6) is -1.08. The topological polar surface area (TPSA) is 95.7 Å². The highest BCUT2D eigenvalue weighted by Gasteiger charge is 2.30. The minimum atomic E-state index is -1.05. The molecule has 1 fully saturated rings. The Morgan fingerprint density at radius 1 is 1.47 bits per heavy atom. The van der Waals surface area contributed by atoms with E-state index < -0.39 is 5.97 Å². The third-order valence-electron chi connectivity index (χ3n) is 3.40. The second-order valence-corrected chi connectivity index (χ2v) is 4.54. The number of amides is 1. The minimum absolute atomic E-state index is 0.0293. The number of nitrogens with two attached hydrogens (primary N) is 1. The Balaban J connectivity index is 2.29. The van der Waals surface area contributed by atoms with Crippen LogP contribution in [0.2, 0.25) is 0 Å². The molecule has 0 spiro atoms. The van der Waals surface area contributed by atoms with E-state index in [1.807, 2.05) is 4.90 Å². The maximum atomic E-state index is 11.8. The van der Waals surface area contributed by atoms with Crippen LogP contribution in [-0.4, -0.2) is 36.6 Å². The van der Waals surface area contributed by atoms with E-state index in [0.29, 0.717) is 0 Å².